The number of methoxy groups -OCH3 is 2. The summed E-state index contributed by atoms with van der Waals surface area (Å²) in [6.45, 7) is 0.598. The van der Waals surface area contributed by atoms with Crippen LogP contribution >= 0.6 is 11.6 Å². The maximum absolute atomic E-state index is 12.1. The van der Waals surface area contributed by atoms with E-state index in [0.717, 1.165) is 22.9 Å². The smallest absolute Gasteiger partial charge is 0.220 e. The maximum Gasteiger partial charge on any atom is 0.220 e. The molecule has 3 aromatic rings. The molecular weight excluding hydrogens is 364 g/mol. The Bertz CT molecular complexity index is 936. The molecule has 27 heavy (non-hydrogen) atoms. The Kier molecular flexibility index (Phi) is 6.24. The third kappa shape index (κ3) is 4.74. The van der Waals surface area contributed by atoms with Crippen LogP contribution in [0.4, 0.5) is 0 Å². The number of H-pyrrole nitrogens is 1. The minimum atomic E-state index is 0.0349. The predicted molar refractivity (Wildman–Crippen MR) is 108 cm³/mol. The fraction of sp³-hybridized carbons (Fsp3) is 0.286. The Labute approximate surface area is 163 Å². The number of rotatable bonds is 8. The van der Waals surface area contributed by atoms with Gasteiger partial charge in [-0.3, -0.25) is 4.79 Å². The van der Waals surface area contributed by atoms with E-state index >= 15 is 0 Å². The minimum absolute atomic E-state index is 0.0349. The first kappa shape index (κ1) is 19.1. The number of nitrogens with one attached hydrogen (secondary N) is 2. The van der Waals surface area contributed by atoms with Crippen LogP contribution in [0.5, 0.6) is 11.5 Å². The van der Waals surface area contributed by atoms with E-state index in [1.54, 1.807) is 14.2 Å². The fourth-order valence-electron chi connectivity index (χ4n) is 3.08. The number of aromatic amines is 1. The molecule has 1 amide bonds. The van der Waals surface area contributed by atoms with Gasteiger partial charge in [0.1, 0.15) is 0 Å². The van der Waals surface area contributed by atoms with Crippen LogP contribution in [-0.2, 0) is 17.6 Å². The van der Waals surface area contributed by atoms with Gasteiger partial charge in [0.2, 0.25) is 5.91 Å². The number of hydrogen-bond acceptors (Lipinski definition) is 3. The topological polar surface area (TPSA) is 63.3 Å². The average molecular weight is 387 g/mol. The molecule has 0 spiro atoms. The molecule has 0 bridgehead atoms. The molecular formula is C21H23ClN2O3. The van der Waals surface area contributed by atoms with Crippen LogP contribution in [0.15, 0.2) is 42.6 Å². The summed E-state index contributed by atoms with van der Waals surface area (Å²) < 4.78 is 10.5. The second-order valence-corrected chi connectivity index (χ2v) is 6.73. The van der Waals surface area contributed by atoms with E-state index in [-0.39, 0.29) is 5.91 Å². The first-order valence-electron chi connectivity index (χ1n) is 8.84. The van der Waals surface area contributed by atoms with Crippen molar-refractivity contribution in [3.63, 3.8) is 0 Å². The lowest BCUT2D eigenvalue weighted by Crippen LogP contribution is -2.25. The van der Waals surface area contributed by atoms with Crippen molar-refractivity contribution in [2.45, 2.75) is 19.3 Å². The average Bonchev–Trinajstić information content (AvgIpc) is 3.08. The number of hydrogen-bond donors (Lipinski definition) is 2. The summed E-state index contributed by atoms with van der Waals surface area (Å²) in [6.07, 6.45) is 3.82. The van der Waals surface area contributed by atoms with Gasteiger partial charge in [-0.15, -0.1) is 0 Å². The summed E-state index contributed by atoms with van der Waals surface area (Å²) in [7, 11) is 3.21. The summed E-state index contributed by atoms with van der Waals surface area (Å²) in [5.41, 5.74) is 3.22. The van der Waals surface area contributed by atoms with E-state index in [0.29, 0.717) is 35.9 Å². The van der Waals surface area contributed by atoms with E-state index in [4.69, 9.17) is 21.1 Å². The molecule has 1 aromatic heterocycles. The Morgan fingerprint density at radius 2 is 1.89 bits per heavy atom. The highest BCUT2D eigenvalue weighted by molar-refractivity contribution is 6.31. The van der Waals surface area contributed by atoms with Crippen molar-refractivity contribution in [3.05, 3.63) is 58.7 Å². The molecule has 5 nitrogen and oxygen atoms in total. The van der Waals surface area contributed by atoms with Gasteiger partial charge < -0.3 is 19.8 Å². The number of aryl methyl sites for hydroxylation is 1. The van der Waals surface area contributed by atoms with Crippen LogP contribution < -0.4 is 14.8 Å². The Hall–Kier alpha value is -2.66. The predicted octanol–water partition coefficient (Wildman–Crippen LogP) is 4.13. The largest absolute Gasteiger partial charge is 0.493 e. The van der Waals surface area contributed by atoms with Crippen LogP contribution in [0, 0.1) is 0 Å². The van der Waals surface area contributed by atoms with Gasteiger partial charge >= 0.3 is 0 Å². The van der Waals surface area contributed by atoms with Crippen molar-refractivity contribution in [1.82, 2.24) is 10.3 Å². The summed E-state index contributed by atoms with van der Waals surface area (Å²) in [6, 6.07) is 11.5. The van der Waals surface area contributed by atoms with Crippen molar-refractivity contribution in [3.8, 4) is 11.5 Å². The van der Waals surface area contributed by atoms with Crippen molar-refractivity contribution >= 4 is 28.4 Å². The zero-order chi connectivity index (χ0) is 19.2. The molecule has 0 radical (unpaired) electrons. The first-order valence-corrected chi connectivity index (χ1v) is 9.21. The van der Waals surface area contributed by atoms with Crippen LogP contribution in [0.3, 0.4) is 0 Å². The zero-order valence-electron chi connectivity index (χ0n) is 15.5. The number of halogens is 1. The molecule has 0 unspecified atom stereocenters. The van der Waals surface area contributed by atoms with Crippen LogP contribution in [0.25, 0.3) is 10.9 Å². The first-order chi connectivity index (χ1) is 13.1. The molecule has 0 fully saturated rings. The lowest BCUT2D eigenvalue weighted by molar-refractivity contribution is -0.121. The standard InChI is InChI=1S/C21H23ClN2O3/c1-26-19-7-3-14(11-20(19)27-2)4-8-21(25)23-10-9-15-13-24-18-12-16(22)5-6-17(15)18/h3,5-7,11-13,24H,4,8-10H2,1-2H3,(H,23,25). The summed E-state index contributed by atoms with van der Waals surface area (Å²) >= 11 is 6.00. The highest BCUT2D eigenvalue weighted by Gasteiger charge is 2.08. The summed E-state index contributed by atoms with van der Waals surface area (Å²) in [5.74, 6) is 1.40. The second-order valence-electron chi connectivity index (χ2n) is 6.29. The molecule has 3 rings (SSSR count). The molecule has 0 aliphatic carbocycles. The molecule has 2 aromatic carbocycles. The van der Waals surface area contributed by atoms with Gasteiger partial charge in [0.05, 0.1) is 14.2 Å². The zero-order valence-corrected chi connectivity index (χ0v) is 16.2. The lowest BCUT2D eigenvalue weighted by Gasteiger charge is -2.09. The van der Waals surface area contributed by atoms with Crippen molar-refractivity contribution in [2.75, 3.05) is 20.8 Å². The highest BCUT2D eigenvalue weighted by Crippen LogP contribution is 2.28. The van der Waals surface area contributed by atoms with Crippen LogP contribution in [0.1, 0.15) is 17.5 Å². The van der Waals surface area contributed by atoms with Gasteiger partial charge in [-0.2, -0.15) is 0 Å². The normalized spacial score (nSPS) is 10.8. The molecule has 0 saturated carbocycles. The number of carbonyl (C=O) groups excluding carboxylic acids is 1. The van der Waals surface area contributed by atoms with Crippen molar-refractivity contribution < 1.29 is 14.3 Å². The van der Waals surface area contributed by atoms with E-state index in [1.165, 1.54) is 5.56 Å². The summed E-state index contributed by atoms with van der Waals surface area (Å²) in [4.78, 5) is 15.4. The number of benzene rings is 2. The Morgan fingerprint density at radius 3 is 2.67 bits per heavy atom. The molecule has 0 saturated heterocycles. The molecule has 1 heterocycles. The fourth-order valence-corrected chi connectivity index (χ4v) is 3.26. The summed E-state index contributed by atoms with van der Waals surface area (Å²) in [5, 5.41) is 4.83. The van der Waals surface area contributed by atoms with E-state index in [2.05, 4.69) is 10.3 Å². The van der Waals surface area contributed by atoms with Gasteiger partial charge in [0, 0.05) is 35.1 Å². The second kappa shape index (κ2) is 8.82. The number of aromatic nitrogens is 1. The molecule has 0 aliphatic heterocycles. The highest BCUT2D eigenvalue weighted by atomic mass is 35.5. The molecule has 142 valence electrons. The SMILES string of the molecule is COc1ccc(CCC(=O)NCCc2c[nH]c3cc(Cl)ccc23)cc1OC. The van der Waals surface area contributed by atoms with Crippen LogP contribution in [0.2, 0.25) is 5.02 Å². The van der Waals surface area contributed by atoms with E-state index < -0.39 is 0 Å². The number of ether oxygens (including phenoxy) is 2. The maximum atomic E-state index is 12.1. The molecule has 2 N–H and O–H groups in total. The number of fused-ring (bicyclic) bond motifs is 1. The Morgan fingerprint density at radius 1 is 1.07 bits per heavy atom. The third-order valence-corrected chi connectivity index (χ3v) is 4.77. The van der Waals surface area contributed by atoms with E-state index in [9.17, 15) is 4.79 Å². The lowest BCUT2D eigenvalue weighted by atomic mass is 10.1. The molecule has 0 atom stereocenters. The van der Waals surface area contributed by atoms with Gasteiger partial charge in [0.15, 0.2) is 11.5 Å². The van der Waals surface area contributed by atoms with Gasteiger partial charge in [-0.25, -0.2) is 0 Å². The molecule has 6 heteroatoms. The van der Waals surface area contributed by atoms with Crippen molar-refractivity contribution in [2.24, 2.45) is 0 Å². The van der Waals surface area contributed by atoms with Gasteiger partial charge in [-0.1, -0.05) is 23.7 Å². The van der Waals surface area contributed by atoms with E-state index in [1.807, 2.05) is 42.6 Å². The van der Waals surface area contributed by atoms with Crippen molar-refractivity contribution in [1.29, 1.82) is 0 Å². The number of carbonyl (C=O) groups is 1. The number of amides is 1. The van der Waals surface area contributed by atoms with Crippen LogP contribution in [-0.4, -0.2) is 31.7 Å². The third-order valence-electron chi connectivity index (χ3n) is 4.53. The van der Waals surface area contributed by atoms with Gasteiger partial charge in [-0.05, 0) is 48.2 Å². The minimum Gasteiger partial charge on any atom is -0.493 e. The van der Waals surface area contributed by atoms with Gasteiger partial charge in [0.25, 0.3) is 0 Å². The Balaban J connectivity index is 1.48. The monoisotopic (exact) mass is 386 g/mol. The quantitative estimate of drug-likeness (QED) is 0.611. The molecule has 0 aliphatic rings.